The van der Waals surface area contributed by atoms with Crippen molar-refractivity contribution in [1.82, 2.24) is 5.32 Å². The molecule has 1 amide bonds. The van der Waals surface area contributed by atoms with Crippen LogP contribution in [0.5, 0.6) is 0 Å². The third-order valence-corrected chi connectivity index (χ3v) is 6.04. The lowest BCUT2D eigenvalue weighted by Crippen LogP contribution is -2.45. The zero-order valence-electron chi connectivity index (χ0n) is 23.3. The van der Waals surface area contributed by atoms with Gasteiger partial charge in [-0.2, -0.15) is 0 Å². The van der Waals surface area contributed by atoms with E-state index in [1.165, 1.54) is 32.1 Å². The number of carbonyl (C=O) groups is 1. The molecule has 0 aromatic rings. The third kappa shape index (κ3) is 23.8. The Morgan fingerprint density at radius 1 is 0.694 bits per heavy atom. The van der Waals surface area contributed by atoms with Gasteiger partial charge in [-0.25, -0.2) is 0 Å². The van der Waals surface area contributed by atoms with Gasteiger partial charge in [-0.3, -0.25) is 4.79 Å². The van der Waals surface area contributed by atoms with Crippen molar-refractivity contribution in [3.8, 4) is 0 Å². The Morgan fingerprint density at radius 2 is 1.19 bits per heavy atom. The Morgan fingerprint density at radius 3 is 1.72 bits per heavy atom. The van der Waals surface area contributed by atoms with E-state index in [1.807, 2.05) is 0 Å². The van der Waals surface area contributed by atoms with Crippen LogP contribution in [0.15, 0.2) is 60.8 Å². The first kappa shape index (κ1) is 34.1. The molecule has 2 unspecified atom stereocenters. The van der Waals surface area contributed by atoms with E-state index in [0.29, 0.717) is 12.8 Å². The van der Waals surface area contributed by atoms with Gasteiger partial charge in [-0.15, -0.1) is 0 Å². The second kappa shape index (κ2) is 27.7. The van der Waals surface area contributed by atoms with Crippen molar-refractivity contribution in [3.05, 3.63) is 60.8 Å². The van der Waals surface area contributed by atoms with Gasteiger partial charge in [0.1, 0.15) is 0 Å². The van der Waals surface area contributed by atoms with Gasteiger partial charge in [0.15, 0.2) is 0 Å². The van der Waals surface area contributed by atoms with Crippen molar-refractivity contribution in [3.63, 3.8) is 0 Å². The summed E-state index contributed by atoms with van der Waals surface area (Å²) in [5.41, 5.74) is 0. The predicted octanol–water partition coefficient (Wildman–Crippen LogP) is 7.89. The number of carbonyl (C=O) groups excluding carboxylic acids is 1. The number of hydrogen-bond donors (Lipinski definition) is 3. The highest BCUT2D eigenvalue weighted by molar-refractivity contribution is 5.76. The Balaban J connectivity index is 3.80. The highest BCUT2D eigenvalue weighted by Crippen LogP contribution is 2.11. The molecule has 0 aliphatic rings. The Hall–Kier alpha value is -1.91. The average molecular weight is 502 g/mol. The number of rotatable bonds is 24. The fourth-order valence-corrected chi connectivity index (χ4v) is 3.80. The van der Waals surface area contributed by atoms with Crippen LogP contribution >= 0.6 is 0 Å². The molecule has 0 bridgehead atoms. The van der Waals surface area contributed by atoms with Gasteiger partial charge in [0.05, 0.1) is 18.8 Å². The van der Waals surface area contributed by atoms with E-state index in [0.717, 1.165) is 57.8 Å². The molecular formula is C32H55NO3. The first-order chi connectivity index (χ1) is 17.7. The van der Waals surface area contributed by atoms with Gasteiger partial charge in [0, 0.05) is 6.42 Å². The van der Waals surface area contributed by atoms with Gasteiger partial charge in [-0.05, 0) is 51.4 Å². The first-order valence-corrected chi connectivity index (χ1v) is 14.5. The van der Waals surface area contributed by atoms with Crippen molar-refractivity contribution in [2.75, 3.05) is 6.61 Å². The van der Waals surface area contributed by atoms with Crippen molar-refractivity contribution >= 4 is 5.91 Å². The summed E-state index contributed by atoms with van der Waals surface area (Å²) < 4.78 is 0. The minimum atomic E-state index is -0.680. The van der Waals surface area contributed by atoms with E-state index >= 15 is 0 Å². The lowest BCUT2D eigenvalue weighted by molar-refractivity contribution is -0.123. The molecule has 0 spiro atoms. The minimum Gasteiger partial charge on any atom is -0.394 e. The van der Waals surface area contributed by atoms with Crippen LogP contribution in [0.25, 0.3) is 0 Å². The molecule has 0 rings (SSSR count). The lowest BCUT2D eigenvalue weighted by atomic mass is 10.0. The summed E-state index contributed by atoms with van der Waals surface area (Å²) in [7, 11) is 0. The summed E-state index contributed by atoms with van der Waals surface area (Å²) in [6.07, 6.45) is 37.0. The molecule has 2 atom stereocenters. The smallest absolute Gasteiger partial charge is 0.220 e. The highest BCUT2D eigenvalue weighted by Gasteiger charge is 2.19. The molecule has 0 fully saturated rings. The number of aliphatic hydroxyl groups excluding tert-OH is 2. The first-order valence-electron chi connectivity index (χ1n) is 14.5. The van der Waals surface area contributed by atoms with Crippen molar-refractivity contribution in [2.45, 2.75) is 129 Å². The number of unbranched alkanes of at least 4 members (excludes halogenated alkanes) is 7. The maximum atomic E-state index is 12.2. The molecule has 3 N–H and O–H groups in total. The van der Waals surface area contributed by atoms with Crippen LogP contribution in [0, 0.1) is 0 Å². The Kier molecular flexibility index (Phi) is 26.2. The molecule has 0 heterocycles. The van der Waals surface area contributed by atoms with Gasteiger partial charge in [-0.1, -0.05) is 120 Å². The average Bonchev–Trinajstić information content (AvgIpc) is 2.88. The largest absolute Gasteiger partial charge is 0.394 e. The monoisotopic (exact) mass is 501 g/mol. The summed E-state index contributed by atoms with van der Waals surface area (Å²) in [4.78, 5) is 12.2. The third-order valence-electron chi connectivity index (χ3n) is 6.04. The SMILES string of the molecule is CC/C=C\C/C=C\C/C=C\C/C=C\C/C=C\CCCC(=O)NC(CO)C(O)CCCCCCCCC. The van der Waals surface area contributed by atoms with Crippen LogP contribution < -0.4 is 5.32 Å². The standard InChI is InChI=1S/C32H55NO3/c1-3-5-7-9-11-12-13-14-15-16-17-18-19-20-22-24-26-28-32(36)33-30(29-34)31(35)27-25-23-21-10-8-6-4-2/h5,7,11-12,14-15,17-18,20,22,30-31,34-35H,3-4,6,8-10,13,16,19,21,23-29H2,1-2H3,(H,33,36)/b7-5-,12-11-,15-14-,18-17-,22-20-. The van der Waals surface area contributed by atoms with Crippen molar-refractivity contribution in [2.24, 2.45) is 0 Å². The molecule has 206 valence electrons. The van der Waals surface area contributed by atoms with Gasteiger partial charge in [0.2, 0.25) is 5.91 Å². The van der Waals surface area contributed by atoms with Crippen LogP contribution in [-0.2, 0) is 4.79 Å². The van der Waals surface area contributed by atoms with Crippen molar-refractivity contribution in [1.29, 1.82) is 0 Å². The van der Waals surface area contributed by atoms with Gasteiger partial charge < -0.3 is 15.5 Å². The van der Waals surface area contributed by atoms with Gasteiger partial charge >= 0.3 is 0 Å². The second-order valence-electron chi connectivity index (χ2n) is 9.43. The van der Waals surface area contributed by atoms with E-state index in [1.54, 1.807) is 0 Å². The van der Waals surface area contributed by atoms with E-state index in [9.17, 15) is 15.0 Å². The summed E-state index contributed by atoms with van der Waals surface area (Å²) >= 11 is 0. The summed E-state index contributed by atoms with van der Waals surface area (Å²) in [5.74, 6) is -0.0972. The number of amides is 1. The van der Waals surface area contributed by atoms with E-state index < -0.39 is 12.1 Å². The molecule has 0 aliphatic heterocycles. The quantitative estimate of drug-likeness (QED) is 0.0930. The van der Waals surface area contributed by atoms with Crippen molar-refractivity contribution < 1.29 is 15.0 Å². The van der Waals surface area contributed by atoms with E-state index in [-0.39, 0.29) is 12.5 Å². The minimum absolute atomic E-state index is 0.0972. The number of aliphatic hydroxyl groups is 2. The number of allylic oxidation sites excluding steroid dienone is 10. The van der Waals surface area contributed by atoms with E-state index in [2.05, 4.69) is 79.9 Å². The molecule has 0 saturated heterocycles. The molecular weight excluding hydrogens is 446 g/mol. The molecule has 0 radical (unpaired) electrons. The normalized spacial score (nSPS) is 14.2. The molecule has 4 nitrogen and oxygen atoms in total. The maximum Gasteiger partial charge on any atom is 0.220 e. The highest BCUT2D eigenvalue weighted by atomic mass is 16.3. The van der Waals surface area contributed by atoms with Gasteiger partial charge in [0.25, 0.3) is 0 Å². The van der Waals surface area contributed by atoms with Crippen LogP contribution in [0.4, 0.5) is 0 Å². The van der Waals surface area contributed by atoms with E-state index in [4.69, 9.17) is 0 Å². The second-order valence-corrected chi connectivity index (χ2v) is 9.43. The molecule has 0 aromatic heterocycles. The summed E-state index contributed by atoms with van der Waals surface area (Å²) in [6, 6.07) is -0.564. The summed E-state index contributed by atoms with van der Waals surface area (Å²) in [5, 5.41) is 22.7. The van der Waals surface area contributed by atoms with Crippen LogP contribution in [0.2, 0.25) is 0 Å². The topological polar surface area (TPSA) is 69.6 Å². The maximum absolute atomic E-state index is 12.2. The Labute approximate surface area is 222 Å². The molecule has 0 aromatic carbocycles. The predicted molar refractivity (Wildman–Crippen MR) is 156 cm³/mol. The summed E-state index contributed by atoms with van der Waals surface area (Å²) in [6.45, 7) is 4.14. The van der Waals surface area contributed by atoms with Crippen LogP contribution in [0.1, 0.15) is 117 Å². The Bertz CT molecular complexity index is 633. The van der Waals surface area contributed by atoms with Crippen LogP contribution in [-0.4, -0.2) is 34.9 Å². The lowest BCUT2D eigenvalue weighted by Gasteiger charge is -2.22. The zero-order valence-corrected chi connectivity index (χ0v) is 23.3. The fraction of sp³-hybridized carbons (Fsp3) is 0.656. The van der Waals surface area contributed by atoms with Crippen LogP contribution in [0.3, 0.4) is 0 Å². The molecule has 0 saturated carbocycles. The number of nitrogens with one attached hydrogen (secondary N) is 1. The fourth-order valence-electron chi connectivity index (χ4n) is 3.80. The number of hydrogen-bond acceptors (Lipinski definition) is 3. The molecule has 36 heavy (non-hydrogen) atoms. The molecule has 0 aliphatic carbocycles. The zero-order chi connectivity index (χ0) is 26.5. The molecule has 4 heteroatoms.